The van der Waals surface area contributed by atoms with Crippen LogP contribution in [0.25, 0.3) is 0 Å². The fraction of sp³-hybridized carbons (Fsp3) is 0.857. The molecule has 0 aromatic carbocycles. The van der Waals surface area contributed by atoms with E-state index in [1.807, 2.05) is 0 Å². The number of hydrogen-bond acceptors (Lipinski definition) is 2. The first kappa shape index (κ1) is 12.1. The molecule has 0 amide bonds. The summed E-state index contributed by atoms with van der Waals surface area (Å²) >= 11 is 0. The van der Waals surface area contributed by atoms with Gasteiger partial charge in [0.1, 0.15) is 0 Å². The standard InChI is InChI=1S/C14H26N2/c1-2-5-14-6-3-4-9-16(14)11-12-7-8-13(15)10-12/h7-8,12-14H,2-6,9-11,15H2,1H3. The summed E-state index contributed by atoms with van der Waals surface area (Å²) in [7, 11) is 0. The van der Waals surface area contributed by atoms with Gasteiger partial charge in [-0.25, -0.2) is 0 Å². The molecule has 92 valence electrons. The third-order valence-electron chi connectivity index (χ3n) is 4.05. The molecule has 2 aliphatic rings. The van der Waals surface area contributed by atoms with Gasteiger partial charge in [0.15, 0.2) is 0 Å². The molecule has 1 saturated heterocycles. The fourth-order valence-corrected chi connectivity index (χ4v) is 3.20. The van der Waals surface area contributed by atoms with E-state index >= 15 is 0 Å². The Morgan fingerprint density at radius 1 is 1.31 bits per heavy atom. The second kappa shape index (κ2) is 5.83. The zero-order chi connectivity index (χ0) is 11.4. The van der Waals surface area contributed by atoms with E-state index in [1.165, 1.54) is 45.2 Å². The average Bonchev–Trinajstić information content (AvgIpc) is 2.67. The molecule has 0 bridgehead atoms. The largest absolute Gasteiger partial charge is 0.324 e. The second-order valence-corrected chi connectivity index (χ2v) is 5.48. The van der Waals surface area contributed by atoms with Crippen LogP contribution in [0.15, 0.2) is 12.2 Å². The Hall–Kier alpha value is -0.340. The maximum absolute atomic E-state index is 5.92. The van der Waals surface area contributed by atoms with E-state index in [1.54, 1.807) is 0 Å². The summed E-state index contributed by atoms with van der Waals surface area (Å²) in [5, 5.41) is 0. The van der Waals surface area contributed by atoms with Gasteiger partial charge in [0.25, 0.3) is 0 Å². The fourth-order valence-electron chi connectivity index (χ4n) is 3.20. The van der Waals surface area contributed by atoms with Crippen molar-refractivity contribution in [2.24, 2.45) is 11.7 Å². The summed E-state index contributed by atoms with van der Waals surface area (Å²) in [4.78, 5) is 2.72. The summed E-state index contributed by atoms with van der Waals surface area (Å²) in [6.07, 6.45) is 12.6. The molecule has 1 heterocycles. The summed E-state index contributed by atoms with van der Waals surface area (Å²) < 4.78 is 0. The smallest absolute Gasteiger partial charge is 0.0229 e. The van der Waals surface area contributed by atoms with Gasteiger partial charge in [0.2, 0.25) is 0 Å². The Kier molecular flexibility index (Phi) is 4.42. The number of hydrogen-bond donors (Lipinski definition) is 1. The second-order valence-electron chi connectivity index (χ2n) is 5.48. The van der Waals surface area contributed by atoms with Gasteiger partial charge in [-0.1, -0.05) is 31.9 Å². The predicted molar refractivity (Wildman–Crippen MR) is 69.3 cm³/mol. The number of rotatable bonds is 4. The van der Waals surface area contributed by atoms with Crippen LogP contribution in [0.5, 0.6) is 0 Å². The maximum Gasteiger partial charge on any atom is 0.0229 e. The number of piperidine rings is 1. The van der Waals surface area contributed by atoms with Crippen LogP contribution in [0, 0.1) is 5.92 Å². The van der Waals surface area contributed by atoms with Crippen molar-refractivity contribution in [1.29, 1.82) is 0 Å². The lowest BCUT2D eigenvalue weighted by atomic mass is 9.96. The highest BCUT2D eigenvalue weighted by Gasteiger charge is 2.25. The molecule has 2 heteroatoms. The van der Waals surface area contributed by atoms with E-state index in [9.17, 15) is 0 Å². The molecule has 2 N–H and O–H groups in total. The normalized spacial score (nSPS) is 35.8. The quantitative estimate of drug-likeness (QED) is 0.741. The van der Waals surface area contributed by atoms with Crippen molar-refractivity contribution in [1.82, 2.24) is 4.90 Å². The summed E-state index contributed by atoms with van der Waals surface area (Å²) in [5.41, 5.74) is 5.92. The Morgan fingerprint density at radius 3 is 2.88 bits per heavy atom. The van der Waals surface area contributed by atoms with Crippen LogP contribution < -0.4 is 5.73 Å². The van der Waals surface area contributed by atoms with Gasteiger partial charge in [-0.2, -0.15) is 0 Å². The predicted octanol–water partition coefficient (Wildman–Crippen LogP) is 2.54. The minimum absolute atomic E-state index is 0.319. The van der Waals surface area contributed by atoms with Crippen molar-refractivity contribution in [3.63, 3.8) is 0 Å². The maximum atomic E-state index is 5.92. The molecule has 16 heavy (non-hydrogen) atoms. The molecular formula is C14H26N2. The molecule has 3 atom stereocenters. The van der Waals surface area contributed by atoms with Crippen LogP contribution in [-0.2, 0) is 0 Å². The first-order valence-electron chi connectivity index (χ1n) is 6.97. The third kappa shape index (κ3) is 3.08. The highest BCUT2D eigenvalue weighted by molar-refractivity contribution is 5.05. The molecule has 2 nitrogen and oxygen atoms in total. The van der Waals surface area contributed by atoms with Crippen molar-refractivity contribution in [3.05, 3.63) is 12.2 Å². The Bertz CT molecular complexity index is 235. The molecule has 0 aromatic heterocycles. The van der Waals surface area contributed by atoms with Gasteiger partial charge in [-0.3, -0.25) is 4.90 Å². The van der Waals surface area contributed by atoms with E-state index in [0.29, 0.717) is 12.0 Å². The van der Waals surface area contributed by atoms with Crippen LogP contribution >= 0.6 is 0 Å². The summed E-state index contributed by atoms with van der Waals surface area (Å²) in [5.74, 6) is 0.715. The SMILES string of the molecule is CCCC1CCCCN1CC1C=CC(N)C1. The molecule has 0 saturated carbocycles. The molecule has 0 spiro atoms. The van der Waals surface area contributed by atoms with Gasteiger partial charge < -0.3 is 5.73 Å². The first-order valence-corrected chi connectivity index (χ1v) is 6.97. The average molecular weight is 222 g/mol. The first-order chi connectivity index (χ1) is 7.79. The topological polar surface area (TPSA) is 29.3 Å². The van der Waals surface area contributed by atoms with Gasteiger partial charge in [0, 0.05) is 18.6 Å². The van der Waals surface area contributed by atoms with Crippen LogP contribution in [0.1, 0.15) is 45.4 Å². The van der Waals surface area contributed by atoms with E-state index in [2.05, 4.69) is 24.0 Å². The lowest BCUT2D eigenvalue weighted by Gasteiger charge is -2.37. The van der Waals surface area contributed by atoms with Gasteiger partial charge in [0.05, 0.1) is 0 Å². The van der Waals surface area contributed by atoms with Crippen LogP contribution in [0.4, 0.5) is 0 Å². The van der Waals surface area contributed by atoms with Crippen molar-refractivity contribution in [2.75, 3.05) is 13.1 Å². The van der Waals surface area contributed by atoms with Crippen LogP contribution in [0.2, 0.25) is 0 Å². The Morgan fingerprint density at radius 2 is 2.19 bits per heavy atom. The molecule has 1 fully saturated rings. The van der Waals surface area contributed by atoms with Crippen molar-refractivity contribution < 1.29 is 0 Å². The van der Waals surface area contributed by atoms with E-state index in [-0.39, 0.29) is 0 Å². The van der Waals surface area contributed by atoms with Crippen molar-refractivity contribution in [3.8, 4) is 0 Å². The van der Waals surface area contributed by atoms with Crippen LogP contribution in [0.3, 0.4) is 0 Å². The van der Waals surface area contributed by atoms with E-state index in [0.717, 1.165) is 12.5 Å². The Balaban J connectivity index is 1.83. The number of likely N-dealkylation sites (tertiary alicyclic amines) is 1. The highest BCUT2D eigenvalue weighted by Crippen LogP contribution is 2.25. The molecule has 3 unspecified atom stereocenters. The molecule has 0 aromatic rings. The Labute approximate surface area is 99.9 Å². The lowest BCUT2D eigenvalue weighted by Crippen LogP contribution is -2.42. The minimum atomic E-state index is 0.319. The zero-order valence-corrected chi connectivity index (χ0v) is 10.6. The number of nitrogens with two attached hydrogens (primary N) is 1. The minimum Gasteiger partial charge on any atom is -0.324 e. The van der Waals surface area contributed by atoms with E-state index in [4.69, 9.17) is 5.73 Å². The number of nitrogens with zero attached hydrogens (tertiary/aromatic N) is 1. The highest BCUT2D eigenvalue weighted by atomic mass is 15.2. The summed E-state index contributed by atoms with van der Waals surface area (Å²) in [6, 6.07) is 1.17. The summed E-state index contributed by atoms with van der Waals surface area (Å²) in [6.45, 7) is 4.86. The van der Waals surface area contributed by atoms with Crippen molar-refractivity contribution >= 4 is 0 Å². The van der Waals surface area contributed by atoms with Crippen molar-refractivity contribution in [2.45, 2.75) is 57.5 Å². The van der Waals surface area contributed by atoms with Gasteiger partial charge in [-0.15, -0.1) is 0 Å². The zero-order valence-electron chi connectivity index (χ0n) is 10.6. The molecule has 0 radical (unpaired) electrons. The van der Waals surface area contributed by atoms with E-state index < -0.39 is 0 Å². The lowest BCUT2D eigenvalue weighted by molar-refractivity contribution is 0.125. The monoisotopic (exact) mass is 222 g/mol. The third-order valence-corrected chi connectivity index (χ3v) is 4.05. The van der Waals surface area contributed by atoms with Crippen LogP contribution in [-0.4, -0.2) is 30.1 Å². The molecule has 1 aliphatic heterocycles. The molecule has 2 rings (SSSR count). The van der Waals surface area contributed by atoms with Gasteiger partial charge in [-0.05, 0) is 38.1 Å². The molecule has 1 aliphatic carbocycles. The van der Waals surface area contributed by atoms with Gasteiger partial charge >= 0.3 is 0 Å². The molecular weight excluding hydrogens is 196 g/mol.